The molecule has 134 valence electrons. The lowest BCUT2D eigenvalue weighted by atomic mass is 10.1. The van der Waals surface area contributed by atoms with Gasteiger partial charge in [0.05, 0.1) is 28.9 Å². The van der Waals surface area contributed by atoms with Gasteiger partial charge in [-0.3, -0.25) is 4.79 Å². The Morgan fingerprint density at radius 3 is 2.92 bits per heavy atom. The van der Waals surface area contributed by atoms with Gasteiger partial charge in [0.15, 0.2) is 0 Å². The summed E-state index contributed by atoms with van der Waals surface area (Å²) in [7, 11) is 0. The maximum atomic E-state index is 11.3. The molecule has 9 heteroatoms. The van der Waals surface area contributed by atoms with E-state index in [1.54, 1.807) is 18.5 Å². The fourth-order valence-electron chi connectivity index (χ4n) is 3.41. The Bertz CT molecular complexity index is 971. The molecule has 1 saturated heterocycles. The predicted octanol–water partition coefficient (Wildman–Crippen LogP) is 0.288. The minimum atomic E-state index is -0.640. The number of hydrogen-bond donors (Lipinski definition) is 4. The maximum Gasteiger partial charge on any atom is 0.220 e. The molecule has 1 amide bonds. The number of H-pyrrole nitrogens is 1. The molecule has 4 rings (SSSR count). The van der Waals surface area contributed by atoms with Gasteiger partial charge in [-0.1, -0.05) is 0 Å². The van der Waals surface area contributed by atoms with Crippen LogP contribution in [0.3, 0.4) is 0 Å². The average Bonchev–Trinajstić information content (AvgIpc) is 3.18. The number of amides is 1. The van der Waals surface area contributed by atoms with Crippen LogP contribution in [0.4, 0.5) is 11.6 Å². The van der Waals surface area contributed by atoms with Crippen molar-refractivity contribution in [2.24, 2.45) is 0 Å². The lowest BCUT2D eigenvalue weighted by Crippen LogP contribution is -2.41. The first-order chi connectivity index (χ1) is 12.5. The molecule has 0 aliphatic carbocycles. The second kappa shape index (κ2) is 6.26. The number of β-amino-alcohol motifs (C(OH)–C–C–N with tert-alkyl or cyclic N) is 1. The van der Waals surface area contributed by atoms with Crippen molar-refractivity contribution >= 4 is 28.6 Å². The van der Waals surface area contributed by atoms with Crippen molar-refractivity contribution in [3.63, 3.8) is 0 Å². The number of nitrogen functional groups attached to an aromatic ring is 1. The van der Waals surface area contributed by atoms with Gasteiger partial charge in [-0.15, -0.1) is 0 Å². The Balaban J connectivity index is 1.77. The van der Waals surface area contributed by atoms with Crippen LogP contribution in [0.1, 0.15) is 6.92 Å². The lowest BCUT2D eigenvalue weighted by Gasteiger charge is -2.20. The number of aromatic amines is 1. The number of aromatic nitrogens is 4. The maximum absolute atomic E-state index is 11.3. The number of aliphatic hydroxyl groups is 1. The summed E-state index contributed by atoms with van der Waals surface area (Å²) in [5.74, 6) is 0.0409. The molecule has 0 unspecified atom stereocenters. The summed E-state index contributed by atoms with van der Waals surface area (Å²) in [4.78, 5) is 29.2. The molecular formula is C17H19N7O2. The van der Waals surface area contributed by atoms with Crippen molar-refractivity contribution < 1.29 is 9.90 Å². The van der Waals surface area contributed by atoms with Crippen LogP contribution in [0.15, 0.2) is 30.7 Å². The Hall–Kier alpha value is -3.20. The van der Waals surface area contributed by atoms with E-state index < -0.39 is 6.10 Å². The third-order valence-electron chi connectivity index (χ3n) is 4.52. The Labute approximate surface area is 149 Å². The van der Waals surface area contributed by atoms with Crippen molar-refractivity contribution in [3.05, 3.63) is 30.7 Å². The van der Waals surface area contributed by atoms with Gasteiger partial charge < -0.3 is 26.0 Å². The van der Waals surface area contributed by atoms with Crippen molar-refractivity contribution in [1.29, 1.82) is 0 Å². The van der Waals surface area contributed by atoms with Crippen LogP contribution < -0.4 is 16.0 Å². The highest BCUT2D eigenvalue weighted by atomic mass is 16.3. The fraction of sp³-hybridized carbons (Fsp3) is 0.294. The highest BCUT2D eigenvalue weighted by molar-refractivity contribution is 6.02. The van der Waals surface area contributed by atoms with Crippen LogP contribution in [-0.4, -0.2) is 56.2 Å². The molecular weight excluding hydrogens is 334 g/mol. The summed E-state index contributed by atoms with van der Waals surface area (Å²) >= 11 is 0. The smallest absolute Gasteiger partial charge is 0.220 e. The summed E-state index contributed by atoms with van der Waals surface area (Å²) < 4.78 is 0. The molecule has 1 aliphatic rings. The molecule has 0 saturated carbocycles. The van der Waals surface area contributed by atoms with Crippen LogP contribution in [0, 0.1) is 0 Å². The molecule has 2 atom stereocenters. The number of aliphatic hydroxyl groups excluding tert-OH is 1. The fourth-order valence-corrected chi connectivity index (χ4v) is 3.41. The topological polar surface area (TPSA) is 133 Å². The summed E-state index contributed by atoms with van der Waals surface area (Å²) in [6, 6.07) is 3.37. The van der Waals surface area contributed by atoms with Crippen LogP contribution >= 0.6 is 0 Å². The normalized spacial score (nSPS) is 19.8. The van der Waals surface area contributed by atoms with E-state index in [2.05, 4.69) is 25.3 Å². The average molecular weight is 353 g/mol. The Kier molecular flexibility index (Phi) is 3.92. The van der Waals surface area contributed by atoms with Crippen LogP contribution in [0.2, 0.25) is 0 Å². The Morgan fingerprint density at radius 2 is 2.15 bits per heavy atom. The molecule has 3 aromatic rings. The first kappa shape index (κ1) is 16.3. The minimum absolute atomic E-state index is 0.158. The molecule has 5 N–H and O–H groups in total. The number of pyridine rings is 1. The predicted molar refractivity (Wildman–Crippen MR) is 97.4 cm³/mol. The lowest BCUT2D eigenvalue weighted by molar-refractivity contribution is -0.120. The molecule has 0 radical (unpaired) electrons. The minimum Gasteiger partial charge on any atom is -0.389 e. The van der Waals surface area contributed by atoms with Gasteiger partial charge in [0.25, 0.3) is 0 Å². The zero-order valence-electron chi connectivity index (χ0n) is 14.2. The summed E-state index contributed by atoms with van der Waals surface area (Å²) in [6.07, 6.45) is 4.52. The molecule has 26 heavy (non-hydrogen) atoms. The standard InChI is InChI=1S/C17H19N7O2/c1-9(25)22-12-7-24(8-14(12)26)13-3-5-19-16-15(13)10(6-21-16)11-2-4-20-17(18)23-11/h2-6,12,14,26H,7-8H2,1H3,(H,19,21)(H,22,25)(H2,18,20,23)/t12-,14+/m1/s1. The van der Waals surface area contributed by atoms with Crippen LogP contribution in [-0.2, 0) is 4.79 Å². The quantitative estimate of drug-likeness (QED) is 0.532. The first-order valence-electron chi connectivity index (χ1n) is 8.28. The van der Waals surface area contributed by atoms with Gasteiger partial charge in [0, 0.05) is 44.2 Å². The van der Waals surface area contributed by atoms with Gasteiger partial charge in [-0.25, -0.2) is 15.0 Å². The molecule has 1 aliphatic heterocycles. The first-order valence-corrected chi connectivity index (χ1v) is 8.28. The van der Waals surface area contributed by atoms with Gasteiger partial charge >= 0.3 is 0 Å². The van der Waals surface area contributed by atoms with E-state index in [4.69, 9.17) is 5.73 Å². The second-order valence-corrected chi connectivity index (χ2v) is 6.34. The van der Waals surface area contributed by atoms with Gasteiger partial charge in [-0.2, -0.15) is 0 Å². The number of rotatable bonds is 3. The summed E-state index contributed by atoms with van der Waals surface area (Å²) in [6.45, 7) is 2.38. The molecule has 0 bridgehead atoms. The third kappa shape index (κ3) is 2.82. The van der Waals surface area contributed by atoms with E-state index in [1.165, 1.54) is 6.92 Å². The van der Waals surface area contributed by atoms with Crippen molar-refractivity contribution in [2.45, 2.75) is 19.1 Å². The summed E-state index contributed by atoms with van der Waals surface area (Å²) in [5.41, 5.74) is 8.89. The monoisotopic (exact) mass is 353 g/mol. The zero-order chi connectivity index (χ0) is 18.3. The SMILES string of the molecule is CC(=O)N[C@@H]1CN(c2ccnc3[nH]cc(-c4ccnc(N)n4)c23)C[C@@H]1O. The molecule has 0 aromatic carbocycles. The molecule has 0 spiro atoms. The number of anilines is 2. The number of nitrogens with one attached hydrogen (secondary N) is 2. The summed E-state index contributed by atoms with van der Waals surface area (Å²) in [5, 5.41) is 14.0. The van der Waals surface area contributed by atoms with E-state index in [-0.39, 0.29) is 17.9 Å². The number of nitrogens with zero attached hydrogens (tertiary/aromatic N) is 4. The van der Waals surface area contributed by atoms with E-state index in [9.17, 15) is 9.90 Å². The number of nitrogens with two attached hydrogens (primary N) is 1. The van der Waals surface area contributed by atoms with Crippen molar-refractivity contribution in [3.8, 4) is 11.3 Å². The number of carbonyl (C=O) groups is 1. The highest BCUT2D eigenvalue weighted by Gasteiger charge is 2.33. The second-order valence-electron chi connectivity index (χ2n) is 6.34. The zero-order valence-corrected chi connectivity index (χ0v) is 14.2. The van der Waals surface area contributed by atoms with Crippen molar-refractivity contribution in [1.82, 2.24) is 25.3 Å². The van der Waals surface area contributed by atoms with E-state index in [1.807, 2.05) is 17.2 Å². The van der Waals surface area contributed by atoms with E-state index in [0.717, 1.165) is 16.6 Å². The number of fused-ring (bicyclic) bond motifs is 1. The van der Waals surface area contributed by atoms with Gasteiger partial charge in [0.2, 0.25) is 11.9 Å². The molecule has 3 aromatic heterocycles. The van der Waals surface area contributed by atoms with Gasteiger partial charge in [-0.05, 0) is 12.1 Å². The number of hydrogen-bond acceptors (Lipinski definition) is 7. The van der Waals surface area contributed by atoms with E-state index >= 15 is 0 Å². The van der Waals surface area contributed by atoms with Crippen LogP contribution in [0.5, 0.6) is 0 Å². The largest absolute Gasteiger partial charge is 0.389 e. The Morgan fingerprint density at radius 1 is 1.35 bits per heavy atom. The molecule has 4 heterocycles. The van der Waals surface area contributed by atoms with Crippen LogP contribution in [0.25, 0.3) is 22.3 Å². The highest BCUT2D eigenvalue weighted by Crippen LogP contribution is 2.35. The molecule has 1 fully saturated rings. The number of carbonyl (C=O) groups excluding carboxylic acids is 1. The third-order valence-corrected chi connectivity index (χ3v) is 4.52. The molecule has 9 nitrogen and oxygen atoms in total. The van der Waals surface area contributed by atoms with Crippen molar-refractivity contribution in [2.75, 3.05) is 23.7 Å². The van der Waals surface area contributed by atoms with Gasteiger partial charge in [0.1, 0.15) is 5.65 Å². The van der Waals surface area contributed by atoms with E-state index in [0.29, 0.717) is 24.4 Å².